The summed E-state index contributed by atoms with van der Waals surface area (Å²) in [5, 5.41) is 0. The van der Waals surface area contributed by atoms with Gasteiger partial charge in [0.1, 0.15) is 17.6 Å². The topological polar surface area (TPSA) is 44.8 Å². The van der Waals surface area contributed by atoms with Crippen molar-refractivity contribution in [2.75, 3.05) is 13.2 Å². The van der Waals surface area contributed by atoms with E-state index in [-0.39, 0.29) is 12.7 Å². The Kier molecular flexibility index (Phi) is 9.39. The van der Waals surface area contributed by atoms with Gasteiger partial charge in [0.05, 0.1) is 12.2 Å². The third-order valence-corrected chi connectivity index (χ3v) is 5.72. The second kappa shape index (κ2) is 12.5. The fourth-order valence-electron chi connectivity index (χ4n) is 3.79. The number of ether oxygens (including phenoxy) is 3. The lowest BCUT2D eigenvalue weighted by atomic mass is 9.98. The average molecular weight is 501 g/mol. The highest BCUT2D eigenvalue weighted by Gasteiger charge is 2.30. The molecule has 1 unspecified atom stereocenters. The molecule has 192 valence electrons. The van der Waals surface area contributed by atoms with E-state index in [1.807, 2.05) is 43.3 Å². The highest BCUT2D eigenvalue weighted by atomic mass is 19.4. The van der Waals surface area contributed by atoms with E-state index in [0.29, 0.717) is 18.1 Å². The van der Waals surface area contributed by atoms with Gasteiger partial charge in [0.2, 0.25) is 0 Å². The zero-order valence-corrected chi connectivity index (χ0v) is 20.7. The Morgan fingerprint density at radius 3 is 2.11 bits per heavy atom. The first-order chi connectivity index (χ1) is 17.2. The smallest absolute Gasteiger partial charge is 0.416 e. The number of carbonyl (C=O) groups is 1. The number of esters is 1. The van der Waals surface area contributed by atoms with Crippen LogP contribution in [0.3, 0.4) is 0 Å². The molecule has 0 saturated heterocycles. The van der Waals surface area contributed by atoms with Crippen LogP contribution in [0.4, 0.5) is 13.2 Å². The van der Waals surface area contributed by atoms with Crippen molar-refractivity contribution in [3.05, 3.63) is 83.4 Å². The highest BCUT2D eigenvalue weighted by molar-refractivity contribution is 5.71. The molecular formula is C29H31F3O4. The molecule has 0 amide bonds. The fourth-order valence-corrected chi connectivity index (χ4v) is 3.79. The van der Waals surface area contributed by atoms with Crippen LogP contribution in [-0.4, -0.2) is 19.2 Å². The van der Waals surface area contributed by atoms with E-state index < -0.39 is 17.7 Å². The average Bonchev–Trinajstić information content (AvgIpc) is 2.86. The molecule has 0 radical (unpaired) electrons. The molecule has 0 aliphatic heterocycles. The number of halogens is 3. The largest absolute Gasteiger partial charge is 0.486 e. The Balaban J connectivity index is 1.72. The summed E-state index contributed by atoms with van der Waals surface area (Å²) in [6.07, 6.45) is -1.72. The molecule has 0 saturated carbocycles. The van der Waals surface area contributed by atoms with E-state index >= 15 is 0 Å². The number of benzene rings is 3. The Bertz CT molecular complexity index is 1120. The summed E-state index contributed by atoms with van der Waals surface area (Å²) in [5.74, 6) is 0.849. The van der Waals surface area contributed by atoms with Gasteiger partial charge < -0.3 is 14.2 Å². The van der Waals surface area contributed by atoms with E-state index in [1.54, 1.807) is 13.0 Å². The standard InChI is InChI=1S/C29H31F3O4/c1-4-6-7-27(36-25-16-17-26(20(3)18-25)35-19-28(33)34-5-2)23-10-8-21(9-11-23)22-12-14-24(15-13-22)29(30,31)32/h8-18,27H,4-7,19H2,1-3H3. The third kappa shape index (κ3) is 7.51. The molecule has 1 atom stereocenters. The quantitative estimate of drug-likeness (QED) is 0.251. The van der Waals surface area contributed by atoms with E-state index in [1.165, 1.54) is 12.1 Å². The lowest BCUT2D eigenvalue weighted by Crippen LogP contribution is -2.15. The van der Waals surface area contributed by atoms with Gasteiger partial charge >= 0.3 is 12.1 Å². The molecule has 0 spiro atoms. The molecule has 0 aliphatic rings. The second-order valence-electron chi connectivity index (χ2n) is 8.47. The number of carbonyl (C=O) groups excluding carboxylic acids is 1. The predicted molar refractivity (Wildman–Crippen MR) is 133 cm³/mol. The molecule has 0 aromatic heterocycles. The van der Waals surface area contributed by atoms with Crippen LogP contribution in [-0.2, 0) is 15.7 Å². The van der Waals surface area contributed by atoms with Gasteiger partial charge in [-0.25, -0.2) is 4.79 Å². The summed E-state index contributed by atoms with van der Waals surface area (Å²) in [5.41, 5.74) is 2.71. The maximum atomic E-state index is 12.9. The Labute approximate surface area is 210 Å². The Hall–Kier alpha value is -3.48. The summed E-state index contributed by atoms with van der Waals surface area (Å²) in [7, 11) is 0. The van der Waals surface area contributed by atoms with Crippen LogP contribution < -0.4 is 9.47 Å². The lowest BCUT2D eigenvalue weighted by molar-refractivity contribution is -0.145. The van der Waals surface area contributed by atoms with Crippen molar-refractivity contribution in [2.24, 2.45) is 0 Å². The van der Waals surface area contributed by atoms with E-state index in [9.17, 15) is 18.0 Å². The first-order valence-corrected chi connectivity index (χ1v) is 12.0. The molecular weight excluding hydrogens is 469 g/mol. The third-order valence-electron chi connectivity index (χ3n) is 5.72. The molecule has 0 heterocycles. The van der Waals surface area contributed by atoms with E-state index in [0.717, 1.165) is 53.6 Å². The van der Waals surface area contributed by atoms with Gasteiger partial charge in [0.25, 0.3) is 0 Å². The second-order valence-corrected chi connectivity index (χ2v) is 8.47. The van der Waals surface area contributed by atoms with Crippen LogP contribution in [0.15, 0.2) is 66.7 Å². The zero-order chi connectivity index (χ0) is 26.1. The normalized spacial score (nSPS) is 12.2. The minimum Gasteiger partial charge on any atom is -0.486 e. The predicted octanol–water partition coefficient (Wildman–Crippen LogP) is 7.93. The van der Waals surface area contributed by atoms with Crippen molar-refractivity contribution in [3.8, 4) is 22.6 Å². The molecule has 3 aromatic carbocycles. The first kappa shape index (κ1) is 27.1. The fraction of sp³-hybridized carbons (Fsp3) is 0.345. The van der Waals surface area contributed by atoms with E-state index in [4.69, 9.17) is 14.2 Å². The number of unbranched alkanes of at least 4 members (excludes halogenated alkanes) is 1. The summed E-state index contributed by atoms with van der Waals surface area (Å²) in [6, 6.07) is 18.3. The van der Waals surface area contributed by atoms with Gasteiger partial charge in [-0.1, -0.05) is 49.7 Å². The molecule has 0 N–H and O–H groups in total. The Morgan fingerprint density at radius 2 is 1.56 bits per heavy atom. The molecule has 0 fully saturated rings. The monoisotopic (exact) mass is 500 g/mol. The molecule has 4 nitrogen and oxygen atoms in total. The van der Waals surface area contributed by atoms with Crippen molar-refractivity contribution in [1.82, 2.24) is 0 Å². The van der Waals surface area contributed by atoms with Gasteiger partial charge in [-0.05, 0) is 79.3 Å². The van der Waals surface area contributed by atoms with Crippen molar-refractivity contribution in [3.63, 3.8) is 0 Å². The number of rotatable bonds is 11. The summed E-state index contributed by atoms with van der Waals surface area (Å²) < 4.78 is 55.3. The molecule has 0 aliphatic carbocycles. The van der Waals surface area contributed by atoms with Gasteiger partial charge in [-0.15, -0.1) is 0 Å². The number of hydrogen-bond acceptors (Lipinski definition) is 4. The van der Waals surface area contributed by atoms with Gasteiger partial charge in [0.15, 0.2) is 6.61 Å². The van der Waals surface area contributed by atoms with Gasteiger partial charge in [-0.2, -0.15) is 13.2 Å². The number of hydrogen-bond donors (Lipinski definition) is 0. The minimum atomic E-state index is -4.35. The van der Waals surface area contributed by atoms with Gasteiger partial charge in [-0.3, -0.25) is 0 Å². The summed E-state index contributed by atoms with van der Waals surface area (Å²) in [4.78, 5) is 11.5. The van der Waals surface area contributed by atoms with Crippen molar-refractivity contribution < 1.29 is 32.2 Å². The van der Waals surface area contributed by atoms with Crippen LogP contribution in [0, 0.1) is 6.92 Å². The Morgan fingerprint density at radius 1 is 0.917 bits per heavy atom. The lowest BCUT2D eigenvalue weighted by Gasteiger charge is -2.21. The van der Waals surface area contributed by atoms with Crippen LogP contribution in [0.25, 0.3) is 11.1 Å². The summed E-state index contributed by atoms with van der Waals surface area (Å²) >= 11 is 0. The SMILES string of the molecule is CCCCC(Oc1ccc(OCC(=O)OCC)c(C)c1)c1ccc(-c2ccc(C(F)(F)F)cc2)cc1. The molecule has 36 heavy (non-hydrogen) atoms. The molecule has 3 aromatic rings. The van der Waals surface area contributed by atoms with E-state index in [2.05, 4.69) is 6.92 Å². The zero-order valence-electron chi connectivity index (χ0n) is 20.7. The maximum absolute atomic E-state index is 12.9. The van der Waals surface area contributed by atoms with Crippen LogP contribution in [0.5, 0.6) is 11.5 Å². The highest BCUT2D eigenvalue weighted by Crippen LogP contribution is 2.33. The molecule has 3 rings (SSSR count). The van der Waals surface area contributed by atoms with Crippen molar-refractivity contribution in [2.45, 2.75) is 52.3 Å². The number of aryl methyl sites for hydroxylation is 1. The van der Waals surface area contributed by atoms with Crippen LogP contribution in [0.1, 0.15) is 55.9 Å². The van der Waals surface area contributed by atoms with Crippen LogP contribution in [0.2, 0.25) is 0 Å². The number of alkyl halides is 3. The molecule has 0 bridgehead atoms. The summed E-state index contributed by atoms with van der Waals surface area (Å²) in [6.45, 7) is 5.89. The van der Waals surface area contributed by atoms with Crippen molar-refractivity contribution in [1.29, 1.82) is 0 Å². The maximum Gasteiger partial charge on any atom is 0.416 e. The molecule has 7 heteroatoms. The van der Waals surface area contributed by atoms with Crippen molar-refractivity contribution >= 4 is 5.97 Å². The van der Waals surface area contributed by atoms with Crippen LogP contribution >= 0.6 is 0 Å². The first-order valence-electron chi connectivity index (χ1n) is 12.0. The minimum absolute atomic E-state index is 0.153. The van der Waals surface area contributed by atoms with Gasteiger partial charge in [0, 0.05) is 0 Å².